The fourth-order valence-electron chi connectivity index (χ4n) is 3.13. The Bertz CT molecular complexity index is 1340. The fraction of sp³-hybridized carbons (Fsp3) is 0.167. The molecule has 0 unspecified atom stereocenters. The Labute approximate surface area is 205 Å². The summed E-state index contributed by atoms with van der Waals surface area (Å²) in [6, 6.07) is 13.3. The molecule has 0 aromatic heterocycles. The van der Waals surface area contributed by atoms with E-state index in [-0.39, 0.29) is 23.9 Å². The standard InChI is InChI=1S/C24H22N4O8/c1-15-4-7-20(16(2)10-15)35-14-24(29)26-25-13-17-5-8-22(23(11-17)34-3)36-21-9-6-18(27(30)31)12-19(21)28(32)33/h4-13H,14H2,1-3H3,(H,26,29)/b25-13-. The van der Waals surface area contributed by atoms with Gasteiger partial charge in [0.15, 0.2) is 18.1 Å². The van der Waals surface area contributed by atoms with E-state index in [0.717, 1.165) is 29.3 Å². The van der Waals surface area contributed by atoms with Gasteiger partial charge >= 0.3 is 5.69 Å². The number of benzene rings is 3. The second kappa shape index (κ2) is 11.4. The Hall–Kier alpha value is -5.00. The lowest BCUT2D eigenvalue weighted by molar-refractivity contribution is -0.394. The normalized spacial score (nSPS) is 10.6. The molecule has 12 heteroatoms. The van der Waals surface area contributed by atoms with E-state index in [9.17, 15) is 25.0 Å². The van der Waals surface area contributed by atoms with Crippen LogP contribution in [0.5, 0.6) is 23.0 Å². The number of carbonyl (C=O) groups excluding carboxylic acids is 1. The van der Waals surface area contributed by atoms with Gasteiger partial charge in [0.2, 0.25) is 5.75 Å². The van der Waals surface area contributed by atoms with Crippen LogP contribution in [-0.2, 0) is 4.79 Å². The molecule has 12 nitrogen and oxygen atoms in total. The lowest BCUT2D eigenvalue weighted by Gasteiger charge is -2.11. The summed E-state index contributed by atoms with van der Waals surface area (Å²) in [5, 5.41) is 26.1. The Balaban J connectivity index is 1.66. The number of methoxy groups -OCH3 is 1. The summed E-state index contributed by atoms with van der Waals surface area (Å²) in [6.07, 6.45) is 1.37. The van der Waals surface area contributed by atoms with Crippen LogP contribution in [0.25, 0.3) is 0 Å². The zero-order valence-electron chi connectivity index (χ0n) is 19.6. The molecule has 3 rings (SSSR count). The molecule has 3 aromatic rings. The zero-order valence-corrected chi connectivity index (χ0v) is 19.6. The molecule has 0 spiro atoms. The van der Waals surface area contributed by atoms with Gasteiger partial charge in [-0.25, -0.2) is 5.43 Å². The van der Waals surface area contributed by atoms with Crippen molar-refractivity contribution in [1.82, 2.24) is 5.43 Å². The van der Waals surface area contributed by atoms with E-state index in [2.05, 4.69) is 10.5 Å². The molecule has 3 aromatic carbocycles. The van der Waals surface area contributed by atoms with Crippen molar-refractivity contribution in [1.29, 1.82) is 0 Å². The third kappa shape index (κ3) is 6.53. The van der Waals surface area contributed by atoms with E-state index < -0.39 is 27.1 Å². The maximum Gasteiger partial charge on any atom is 0.318 e. The molecule has 0 heterocycles. The van der Waals surface area contributed by atoms with Gasteiger partial charge in [0.1, 0.15) is 5.75 Å². The summed E-state index contributed by atoms with van der Waals surface area (Å²) in [6.45, 7) is 3.63. The van der Waals surface area contributed by atoms with Crippen molar-refractivity contribution >= 4 is 23.5 Å². The molecule has 186 valence electrons. The van der Waals surface area contributed by atoms with Crippen LogP contribution in [0.1, 0.15) is 16.7 Å². The lowest BCUT2D eigenvalue weighted by Crippen LogP contribution is -2.24. The number of carbonyl (C=O) groups is 1. The van der Waals surface area contributed by atoms with Crippen LogP contribution in [0.2, 0.25) is 0 Å². The van der Waals surface area contributed by atoms with E-state index in [1.54, 1.807) is 12.1 Å². The molecular formula is C24H22N4O8. The van der Waals surface area contributed by atoms with Crippen LogP contribution in [0.3, 0.4) is 0 Å². The van der Waals surface area contributed by atoms with Gasteiger partial charge in [0.05, 0.1) is 29.2 Å². The maximum atomic E-state index is 12.0. The van der Waals surface area contributed by atoms with E-state index in [0.29, 0.717) is 11.3 Å². The number of amides is 1. The first kappa shape index (κ1) is 25.6. The largest absolute Gasteiger partial charge is 0.493 e. The molecule has 0 saturated heterocycles. The van der Waals surface area contributed by atoms with E-state index in [4.69, 9.17) is 14.2 Å². The Morgan fingerprint density at radius 3 is 2.33 bits per heavy atom. The highest BCUT2D eigenvalue weighted by Gasteiger charge is 2.22. The molecule has 0 saturated carbocycles. The van der Waals surface area contributed by atoms with Crippen LogP contribution in [0.15, 0.2) is 59.7 Å². The van der Waals surface area contributed by atoms with Gasteiger partial charge in [0, 0.05) is 6.07 Å². The number of hydrogen-bond donors (Lipinski definition) is 1. The van der Waals surface area contributed by atoms with Crippen molar-refractivity contribution in [2.75, 3.05) is 13.7 Å². The van der Waals surface area contributed by atoms with E-state index >= 15 is 0 Å². The number of hydrazone groups is 1. The van der Waals surface area contributed by atoms with Gasteiger partial charge < -0.3 is 14.2 Å². The molecule has 0 aliphatic carbocycles. The minimum atomic E-state index is -0.775. The smallest absolute Gasteiger partial charge is 0.318 e. The van der Waals surface area contributed by atoms with Crippen LogP contribution < -0.4 is 19.6 Å². The van der Waals surface area contributed by atoms with E-state index in [1.807, 2.05) is 26.0 Å². The average Bonchev–Trinajstić information content (AvgIpc) is 2.84. The van der Waals surface area contributed by atoms with Gasteiger partial charge in [0.25, 0.3) is 11.6 Å². The number of nitrogens with one attached hydrogen (secondary N) is 1. The Morgan fingerprint density at radius 2 is 1.67 bits per heavy atom. The van der Waals surface area contributed by atoms with Crippen LogP contribution in [0, 0.1) is 34.1 Å². The first-order chi connectivity index (χ1) is 17.2. The summed E-state index contributed by atoms with van der Waals surface area (Å²) >= 11 is 0. The first-order valence-electron chi connectivity index (χ1n) is 10.5. The van der Waals surface area contributed by atoms with Crippen LogP contribution in [0.4, 0.5) is 11.4 Å². The van der Waals surface area contributed by atoms with Crippen molar-refractivity contribution < 1.29 is 28.9 Å². The highest BCUT2D eigenvalue weighted by atomic mass is 16.6. The van der Waals surface area contributed by atoms with Crippen LogP contribution in [-0.4, -0.2) is 35.7 Å². The topological polar surface area (TPSA) is 155 Å². The summed E-state index contributed by atoms with van der Waals surface area (Å²) in [7, 11) is 1.37. The van der Waals surface area contributed by atoms with Crippen LogP contribution >= 0.6 is 0 Å². The molecule has 1 N–H and O–H groups in total. The van der Waals surface area contributed by atoms with Crippen molar-refractivity contribution in [3.05, 3.63) is 91.5 Å². The van der Waals surface area contributed by atoms with Gasteiger partial charge in [-0.05, 0) is 55.3 Å². The SMILES string of the molecule is COc1cc(/C=N\NC(=O)COc2ccc(C)cc2C)ccc1Oc1ccc([N+](=O)[O-])cc1[N+](=O)[O-]. The molecule has 0 bridgehead atoms. The van der Waals surface area contributed by atoms with Gasteiger partial charge in [-0.2, -0.15) is 5.10 Å². The number of ether oxygens (including phenoxy) is 3. The first-order valence-corrected chi connectivity index (χ1v) is 10.5. The monoisotopic (exact) mass is 494 g/mol. The van der Waals surface area contributed by atoms with Crippen molar-refractivity contribution in [2.24, 2.45) is 5.10 Å². The predicted molar refractivity (Wildman–Crippen MR) is 130 cm³/mol. The minimum absolute atomic E-state index is 0.137. The van der Waals surface area contributed by atoms with Gasteiger partial charge in [-0.15, -0.1) is 0 Å². The summed E-state index contributed by atoms with van der Waals surface area (Å²) in [4.78, 5) is 32.8. The second-order valence-electron chi connectivity index (χ2n) is 7.53. The maximum absolute atomic E-state index is 12.0. The number of non-ortho nitro benzene ring substituents is 1. The van der Waals surface area contributed by atoms with Crippen molar-refractivity contribution in [3.8, 4) is 23.0 Å². The number of nitro benzene ring substituents is 2. The highest BCUT2D eigenvalue weighted by Crippen LogP contribution is 2.38. The molecule has 1 amide bonds. The predicted octanol–water partition coefficient (Wildman–Crippen LogP) is 4.45. The second-order valence-corrected chi connectivity index (χ2v) is 7.53. The number of aryl methyl sites for hydroxylation is 2. The molecular weight excluding hydrogens is 472 g/mol. The Kier molecular flexibility index (Phi) is 8.13. The molecule has 0 aliphatic rings. The minimum Gasteiger partial charge on any atom is -0.493 e. The molecule has 36 heavy (non-hydrogen) atoms. The quantitative estimate of drug-likeness (QED) is 0.246. The third-order valence-electron chi connectivity index (χ3n) is 4.85. The highest BCUT2D eigenvalue weighted by molar-refractivity contribution is 5.83. The zero-order chi connectivity index (χ0) is 26.2. The Morgan fingerprint density at radius 1 is 0.944 bits per heavy atom. The summed E-state index contributed by atoms with van der Waals surface area (Å²) in [5.41, 5.74) is 3.90. The van der Waals surface area contributed by atoms with Crippen molar-refractivity contribution in [2.45, 2.75) is 13.8 Å². The molecule has 0 radical (unpaired) electrons. The van der Waals surface area contributed by atoms with Gasteiger partial charge in [-0.3, -0.25) is 25.0 Å². The fourth-order valence-corrected chi connectivity index (χ4v) is 3.13. The summed E-state index contributed by atoms with van der Waals surface area (Å²) in [5.74, 6) is 0.312. The van der Waals surface area contributed by atoms with Gasteiger partial charge in [-0.1, -0.05) is 17.7 Å². The lowest BCUT2D eigenvalue weighted by atomic mass is 10.1. The number of hydrogen-bond acceptors (Lipinski definition) is 9. The van der Waals surface area contributed by atoms with E-state index in [1.165, 1.54) is 25.5 Å². The number of nitro groups is 2. The van der Waals surface area contributed by atoms with Crippen molar-refractivity contribution in [3.63, 3.8) is 0 Å². The summed E-state index contributed by atoms with van der Waals surface area (Å²) < 4.78 is 16.4. The number of nitrogens with zero attached hydrogens (tertiary/aromatic N) is 3. The third-order valence-corrected chi connectivity index (χ3v) is 4.85. The molecule has 0 aliphatic heterocycles. The average molecular weight is 494 g/mol. The number of rotatable bonds is 10. The molecule has 0 fully saturated rings. The molecule has 0 atom stereocenters.